The molecule has 0 N–H and O–H groups in total. The van der Waals surface area contributed by atoms with E-state index in [1.165, 1.54) is 11.1 Å². The number of oxazole rings is 1. The van der Waals surface area contributed by atoms with Crippen LogP contribution in [-0.4, -0.2) is 4.98 Å². The van der Waals surface area contributed by atoms with Gasteiger partial charge in [0.1, 0.15) is 16.7 Å². The molecule has 2 heterocycles. The molecule has 0 radical (unpaired) electrons. The van der Waals surface area contributed by atoms with Crippen molar-refractivity contribution in [3.63, 3.8) is 0 Å². The summed E-state index contributed by atoms with van der Waals surface area (Å²) in [5.74, 6) is 0.606. The van der Waals surface area contributed by atoms with Crippen LogP contribution in [0, 0.1) is 0 Å². The number of hydrogen-bond acceptors (Lipinski definition) is 4. The average Bonchev–Trinajstić information content (AvgIpc) is 3.93. The Morgan fingerprint density at radius 1 is 0.426 bits per heavy atom. The average molecular weight is 783 g/mol. The summed E-state index contributed by atoms with van der Waals surface area (Å²) in [5.41, 5.74) is 15.8. The highest BCUT2D eigenvalue weighted by molar-refractivity contribution is 6.17. The Balaban J connectivity index is 1.10. The Morgan fingerprint density at radius 3 is 1.61 bits per heavy atom. The molecule has 4 nitrogen and oxygen atoms in total. The number of hydrogen-bond donors (Lipinski definition) is 0. The van der Waals surface area contributed by atoms with Crippen molar-refractivity contribution in [3.8, 4) is 44.8 Å². The molecule has 0 aliphatic rings. The first-order valence-corrected chi connectivity index (χ1v) is 20.4. The van der Waals surface area contributed by atoms with Crippen molar-refractivity contribution in [1.29, 1.82) is 0 Å². The molecular weight excluding hydrogens is 745 g/mol. The maximum absolute atomic E-state index is 6.88. The summed E-state index contributed by atoms with van der Waals surface area (Å²) >= 11 is 0. The van der Waals surface area contributed by atoms with Crippen LogP contribution in [0.1, 0.15) is 11.1 Å². The first-order chi connectivity index (χ1) is 30.1. The Morgan fingerprint density at radius 2 is 0.984 bits per heavy atom. The van der Waals surface area contributed by atoms with Crippen LogP contribution in [0.5, 0.6) is 0 Å². The second-order valence-electron chi connectivity index (χ2n) is 15.2. The minimum atomic E-state index is 0.606. The molecule has 288 valence electrons. The number of nitrogens with zero attached hydrogens (tertiary/aromatic N) is 2. The maximum Gasteiger partial charge on any atom is 0.227 e. The fraction of sp³-hybridized carbons (Fsp3) is 0. The number of rotatable bonds is 9. The van der Waals surface area contributed by atoms with Gasteiger partial charge >= 0.3 is 0 Å². The van der Waals surface area contributed by atoms with Gasteiger partial charge in [0.05, 0.1) is 11.1 Å². The minimum Gasteiger partial charge on any atom is -0.456 e. The molecule has 61 heavy (non-hydrogen) atoms. The van der Waals surface area contributed by atoms with Gasteiger partial charge in [-0.05, 0) is 110 Å². The van der Waals surface area contributed by atoms with Crippen LogP contribution in [0.4, 0.5) is 17.1 Å². The number of para-hydroxylation sites is 2. The van der Waals surface area contributed by atoms with E-state index in [0.717, 1.165) is 99.8 Å². The van der Waals surface area contributed by atoms with Gasteiger partial charge in [-0.2, -0.15) is 0 Å². The highest BCUT2D eigenvalue weighted by Crippen LogP contribution is 2.48. The van der Waals surface area contributed by atoms with Crippen molar-refractivity contribution in [3.05, 3.63) is 218 Å². The Kier molecular flexibility index (Phi) is 8.75. The summed E-state index contributed by atoms with van der Waals surface area (Å²) in [6, 6.07) is 67.7. The molecule has 0 aliphatic heterocycles. The van der Waals surface area contributed by atoms with E-state index in [-0.39, 0.29) is 0 Å². The zero-order chi connectivity index (χ0) is 40.9. The minimum absolute atomic E-state index is 0.606. The SMILES string of the molecule is C=Cc1cc2oc3cc(-c4ccc(-c5nc6ccccc6o5)c5ccccc45)ccc3c2c(N(c2ccc(-c3ccccc3)cc2)c2ccc(-c3ccccc3)cc2)c1C=C. The second-order valence-corrected chi connectivity index (χ2v) is 15.2. The van der Waals surface area contributed by atoms with E-state index in [0.29, 0.717) is 5.89 Å². The third kappa shape index (κ3) is 6.21. The summed E-state index contributed by atoms with van der Waals surface area (Å²) in [5, 5.41) is 4.17. The largest absolute Gasteiger partial charge is 0.456 e. The fourth-order valence-electron chi connectivity index (χ4n) is 8.73. The maximum atomic E-state index is 6.88. The van der Waals surface area contributed by atoms with Crippen LogP contribution in [0.15, 0.2) is 216 Å². The molecule has 0 fully saturated rings. The Hall–Kier alpha value is -8.21. The quantitative estimate of drug-likeness (QED) is 0.146. The van der Waals surface area contributed by atoms with Gasteiger partial charge < -0.3 is 13.7 Å². The van der Waals surface area contributed by atoms with Gasteiger partial charge in [0.2, 0.25) is 5.89 Å². The normalized spacial score (nSPS) is 11.4. The topological polar surface area (TPSA) is 42.4 Å². The molecule has 0 unspecified atom stereocenters. The predicted molar refractivity (Wildman–Crippen MR) is 255 cm³/mol. The van der Waals surface area contributed by atoms with Crippen molar-refractivity contribution in [2.75, 3.05) is 4.90 Å². The molecule has 0 spiro atoms. The molecular formula is C57H38N2O2. The summed E-state index contributed by atoms with van der Waals surface area (Å²) in [6.45, 7) is 8.60. The van der Waals surface area contributed by atoms with Crippen molar-refractivity contribution in [1.82, 2.24) is 4.98 Å². The number of aromatic nitrogens is 1. The molecule has 0 atom stereocenters. The second kappa shape index (κ2) is 14.9. The Labute approximate surface area is 353 Å². The number of benzene rings is 9. The van der Waals surface area contributed by atoms with Gasteiger partial charge in [0, 0.05) is 27.9 Å². The van der Waals surface area contributed by atoms with Gasteiger partial charge in [-0.25, -0.2) is 4.98 Å². The highest BCUT2D eigenvalue weighted by atomic mass is 16.3. The van der Waals surface area contributed by atoms with E-state index in [1.54, 1.807) is 0 Å². The van der Waals surface area contributed by atoms with Gasteiger partial charge in [0.15, 0.2) is 5.58 Å². The number of furan rings is 1. The van der Waals surface area contributed by atoms with E-state index < -0.39 is 0 Å². The fourth-order valence-corrected chi connectivity index (χ4v) is 8.73. The van der Waals surface area contributed by atoms with Crippen molar-refractivity contribution in [2.45, 2.75) is 0 Å². The third-order valence-corrected chi connectivity index (χ3v) is 11.7. The lowest BCUT2D eigenvalue weighted by molar-refractivity contribution is 0.620. The van der Waals surface area contributed by atoms with Crippen molar-refractivity contribution in [2.24, 2.45) is 0 Å². The molecule has 4 heteroatoms. The molecule has 11 rings (SSSR count). The van der Waals surface area contributed by atoms with E-state index in [2.05, 4.69) is 176 Å². The molecule has 9 aromatic carbocycles. The molecule has 11 aromatic rings. The number of fused-ring (bicyclic) bond motifs is 5. The molecule has 0 saturated carbocycles. The van der Waals surface area contributed by atoms with E-state index in [1.807, 2.05) is 48.6 Å². The summed E-state index contributed by atoms with van der Waals surface area (Å²) in [4.78, 5) is 7.16. The third-order valence-electron chi connectivity index (χ3n) is 11.7. The lowest BCUT2D eigenvalue weighted by Gasteiger charge is -2.29. The molecule has 2 aromatic heterocycles. The molecule has 0 bridgehead atoms. The Bertz CT molecular complexity index is 3320. The van der Waals surface area contributed by atoms with E-state index in [4.69, 9.17) is 13.8 Å². The molecule has 0 amide bonds. The number of anilines is 3. The van der Waals surface area contributed by atoms with Crippen LogP contribution in [0.2, 0.25) is 0 Å². The lowest BCUT2D eigenvalue weighted by Crippen LogP contribution is -2.12. The summed E-state index contributed by atoms with van der Waals surface area (Å²) < 4.78 is 13.1. The highest BCUT2D eigenvalue weighted by Gasteiger charge is 2.25. The van der Waals surface area contributed by atoms with Crippen LogP contribution in [0.25, 0.3) is 101 Å². The van der Waals surface area contributed by atoms with E-state index in [9.17, 15) is 0 Å². The standard InChI is InChI=1S/C57H38N2O2/c1-3-37-35-54-55(50-32-27-42(36-53(50)60-54)46-33-34-49(48-20-12-11-19-47(46)48)57-58-51-21-13-14-22-52(51)61-57)56(45(37)4-2)59(43-28-23-40(24-29-43)38-15-7-5-8-16-38)44-30-25-41(26-31-44)39-17-9-6-10-18-39/h3-36H,1-2H2. The van der Waals surface area contributed by atoms with Crippen LogP contribution >= 0.6 is 0 Å². The predicted octanol–water partition coefficient (Wildman–Crippen LogP) is 16.3. The summed E-state index contributed by atoms with van der Waals surface area (Å²) in [6.07, 6.45) is 3.82. The zero-order valence-corrected chi connectivity index (χ0v) is 33.3. The van der Waals surface area contributed by atoms with Gasteiger partial charge in [-0.3, -0.25) is 0 Å². The first kappa shape index (κ1) is 35.9. The zero-order valence-electron chi connectivity index (χ0n) is 33.3. The van der Waals surface area contributed by atoms with Crippen LogP contribution in [-0.2, 0) is 0 Å². The lowest BCUT2D eigenvalue weighted by atomic mass is 9.93. The monoisotopic (exact) mass is 782 g/mol. The van der Waals surface area contributed by atoms with Crippen LogP contribution in [0.3, 0.4) is 0 Å². The van der Waals surface area contributed by atoms with Gasteiger partial charge in [-0.15, -0.1) is 0 Å². The van der Waals surface area contributed by atoms with E-state index >= 15 is 0 Å². The first-order valence-electron chi connectivity index (χ1n) is 20.4. The van der Waals surface area contributed by atoms with Crippen molar-refractivity contribution >= 4 is 73.0 Å². The molecule has 0 saturated heterocycles. The van der Waals surface area contributed by atoms with Crippen molar-refractivity contribution < 1.29 is 8.83 Å². The van der Waals surface area contributed by atoms with Gasteiger partial charge in [-0.1, -0.05) is 159 Å². The van der Waals surface area contributed by atoms with Gasteiger partial charge in [0.25, 0.3) is 0 Å². The van der Waals surface area contributed by atoms with Crippen LogP contribution < -0.4 is 4.90 Å². The molecule has 0 aliphatic carbocycles. The smallest absolute Gasteiger partial charge is 0.227 e. The summed E-state index contributed by atoms with van der Waals surface area (Å²) in [7, 11) is 0.